The smallest absolute Gasteiger partial charge is 0.338 e. The number of benzene rings is 1. The van der Waals surface area contributed by atoms with Crippen molar-refractivity contribution in [2.24, 2.45) is 7.05 Å². The number of piperidine rings is 1. The lowest BCUT2D eigenvalue weighted by atomic mass is 9.96. The summed E-state index contributed by atoms with van der Waals surface area (Å²) in [6.07, 6.45) is -2.48. The van der Waals surface area contributed by atoms with E-state index in [4.69, 9.17) is 0 Å². The second kappa shape index (κ2) is 6.40. The maximum absolute atomic E-state index is 13.0. The molecule has 3 aromatic rings. The van der Waals surface area contributed by atoms with Crippen LogP contribution in [0.1, 0.15) is 40.8 Å². The molecule has 0 aliphatic carbocycles. The summed E-state index contributed by atoms with van der Waals surface area (Å²) in [5.74, 6) is 0.105. The van der Waals surface area contributed by atoms with E-state index >= 15 is 0 Å². The number of amides is 1. The molecule has 1 amide bonds. The number of hydrogen-bond acceptors (Lipinski definition) is 3. The van der Waals surface area contributed by atoms with Gasteiger partial charge in [-0.05, 0) is 18.9 Å². The number of aromatic amines is 1. The second-order valence-electron chi connectivity index (χ2n) is 6.74. The van der Waals surface area contributed by atoms with Crippen LogP contribution < -0.4 is 0 Å². The van der Waals surface area contributed by atoms with E-state index < -0.39 is 11.9 Å². The van der Waals surface area contributed by atoms with E-state index in [1.54, 1.807) is 16.6 Å². The van der Waals surface area contributed by atoms with Gasteiger partial charge in [-0.25, -0.2) is 4.98 Å². The van der Waals surface area contributed by atoms with Gasteiger partial charge in [-0.15, -0.1) is 0 Å². The first-order valence-electron chi connectivity index (χ1n) is 8.67. The minimum Gasteiger partial charge on any atom is -0.338 e. The number of imidazole rings is 1. The Kier molecular flexibility index (Phi) is 4.16. The lowest BCUT2D eigenvalue weighted by Crippen LogP contribution is -2.39. The van der Waals surface area contributed by atoms with E-state index in [1.165, 1.54) is 0 Å². The van der Waals surface area contributed by atoms with Gasteiger partial charge >= 0.3 is 6.18 Å². The zero-order valence-electron chi connectivity index (χ0n) is 14.6. The Morgan fingerprint density at radius 3 is 2.59 bits per heavy atom. The molecule has 9 heteroatoms. The van der Waals surface area contributed by atoms with E-state index in [-0.39, 0.29) is 11.8 Å². The molecule has 0 spiro atoms. The van der Waals surface area contributed by atoms with Crippen LogP contribution in [-0.4, -0.2) is 43.6 Å². The number of H-pyrrole nitrogens is 1. The van der Waals surface area contributed by atoms with Crippen molar-refractivity contribution in [3.05, 3.63) is 47.7 Å². The van der Waals surface area contributed by atoms with E-state index in [1.807, 2.05) is 24.3 Å². The van der Waals surface area contributed by atoms with E-state index in [9.17, 15) is 18.0 Å². The highest BCUT2D eigenvalue weighted by Gasteiger charge is 2.35. The summed E-state index contributed by atoms with van der Waals surface area (Å²) in [7, 11) is 1.74. The molecular weight excluding hydrogens is 359 g/mol. The summed E-state index contributed by atoms with van der Waals surface area (Å²) in [6, 6.07) is 7.45. The summed E-state index contributed by atoms with van der Waals surface area (Å²) in [5.41, 5.74) is 0.451. The highest BCUT2D eigenvalue weighted by molar-refractivity contribution is 6.05. The predicted molar refractivity (Wildman–Crippen MR) is 92.2 cm³/mol. The zero-order valence-corrected chi connectivity index (χ0v) is 14.6. The van der Waals surface area contributed by atoms with Gasteiger partial charge in [0.1, 0.15) is 17.2 Å². The number of fused-ring (bicyclic) bond motifs is 1. The van der Waals surface area contributed by atoms with Gasteiger partial charge in [0.25, 0.3) is 5.91 Å². The molecule has 3 heterocycles. The fourth-order valence-corrected chi connectivity index (χ4v) is 3.59. The molecule has 2 aromatic heterocycles. The number of hydrogen-bond donors (Lipinski definition) is 1. The number of alkyl halides is 3. The Morgan fingerprint density at radius 1 is 1.22 bits per heavy atom. The molecule has 1 aliphatic heterocycles. The molecular formula is C18H18F3N5O. The Morgan fingerprint density at radius 2 is 1.93 bits per heavy atom. The molecule has 0 radical (unpaired) electrons. The number of aryl methyl sites for hydroxylation is 1. The summed E-state index contributed by atoms with van der Waals surface area (Å²) in [5, 5.41) is 5.16. The van der Waals surface area contributed by atoms with Gasteiger partial charge in [-0.1, -0.05) is 18.2 Å². The highest BCUT2D eigenvalue weighted by Crippen LogP contribution is 2.32. The fraction of sp³-hybridized carbons (Fsp3) is 0.389. The van der Waals surface area contributed by atoms with Gasteiger partial charge in [0.15, 0.2) is 0 Å². The van der Waals surface area contributed by atoms with Gasteiger partial charge in [-0.2, -0.15) is 18.3 Å². The minimum atomic E-state index is -4.43. The molecule has 6 nitrogen and oxygen atoms in total. The Bertz CT molecular complexity index is 982. The normalized spacial score (nSPS) is 16.2. The third kappa shape index (κ3) is 3.17. The molecule has 1 aliphatic rings. The zero-order chi connectivity index (χ0) is 19.2. The average Bonchev–Trinajstić information content (AvgIpc) is 3.25. The van der Waals surface area contributed by atoms with Gasteiger partial charge in [0.2, 0.25) is 0 Å². The second-order valence-corrected chi connectivity index (χ2v) is 6.74. The van der Waals surface area contributed by atoms with Gasteiger partial charge in [-0.3, -0.25) is 9.48 Å². The molecule has 0 saturated carbocycles. The molecule has 1 N–H and O–H groups in total. The number of rotatable bonds is 2. The summed E-state index contributed by atoms with van der Waals surface area (Å²) >= 11 is 0. The number of halogens is 3. The van der Waals surface area contributed by atoms with Crippen LogP contribution >= 0.6 is 0 Å². The van der Waals surface area contributed by atoms with Crippen LogP contribution in [0.4, 0.5) is 13.2 Å². The SMILES string of the molecule is Cn1nc2ccccc2c1C(=O)N1CCC(c2ncc(C(F)(F)F)[nH]2)CC1. The first-order chi connectivity index (χ1) is 12.8. The average molecular weight is 377 g/mol. The number of aromatic nitrogens is 4. The van der Waals surface area contributed by atoms with Crippen molar-refractivity contribution in [2.75, 3.05) is 13.1 Å². The lowest BCUT2D eigenvalue weighted by Gasteiger charge is -2.31. The Balaban J connectivity index is 1.48. The molecule has 0 unspecified atom stereocenters. The summed E-state index contributed by atoms with van der Waals surface area (Å²) in [4.78, 5) is 21.0. The van der Waals surface area contributed by atoms with E-state index in [0.717, 1.165) is 17.1 Å². The number of likely N-dealkylation sites (tertiary alicyclic amines) is 1. The Hall–Kier alpha value is -2.84. The van der Waals surface area contributed by atoms with E-state index in [0.29, 0.717) is 37.4 Å². The molecule has 1 aromatic carbocycles. The van der Waals surface area contributed by atoms with Crippen molar-refractivity contribution in [1.82, 2.24) is 24.6 Å². The van der Waals surface area contributed by atoms with Crippen molar-refractivity contribution >= 4 is 16.8 Å². The van der Waals surface area contributed by atoms with Crippen LogP contribution in [0.5, 0.6) is 0 Å². The van der Waals surface area contributed by atoms with Crippen LogP contribution in [0.25, 0.3) is 10.9 Å². The van der Waals surface area contributed by atoms with Gasteiger partial charge in [0.05, 0.1) is 11.7 Å². The molecule has 1 fully saturated rings. The van der Waals surface area contributed by atoms with Gasteiger partial charge < -0.3 is 9.88 Å². The molecule has 1 saturated heterocycles. The molecule has 0 bridgehead atoms. The molecule has 4 rings (SSSR count). The van der Waals surface area contributed by atoms with Crippen LogP contribution in [0, 0.1) is 0 Å². The number of nitrogens with zero attached hydrogens (tertiary/aromatic N) is 4. The van der Waals surface area contributed by atoms with Crippen molar-refractivity contribution in [3.8, 4) is 0 Å². The number of carbonyl (C=O) groups excluding carboxylic acids is 1. The first-order valence-corrected chi connectivity index (χ1v) is 8.67. The van der Waals surface area contributed by atoms with Crippen molar-refractivity contribution in [2.45, 2.75) is 24.9 Å². The molecule has 27 heavy (non-hydrogen) atoms. The van der Waals surface area contributed by atoms with Crippen molar-refractivity contribution in [1.29, 1.82) is 0 Å². The van der Waals surface area contributed by atoms with Crippen molar-refractivity contribution < 1.29 is 18.0 Å². The van der Waals surface area contributed by atoms with Gasteiger partial charge in [0, 0.05) is 31.4 Å². The highest BCUT2D eigenvalue weighted by atomic mass is 19.4. The number of nitrogens with one attached hydrogen (secondary N) is 1. The van der Waals surface area contributed by atoms with E-state index in [2.05, 4.69) is 15.1 Å². The fourth-order valence-electron chi connectivity index (χ4n) is 3.59. The largest absolute Gasteiger partial charge is 0.432 e. The third-order valence-corrected chi connectivity index (χ3v) is 5.01. The summed E-state index contributed by atoms with van der Waals surface area (Å²) < 4.78 is 39.8. The first kappa shape index (κ1) is 17.6. The minimum absolute atomic E-state index is 0.111. The maximum Gasteiger partial charge on any atom is 0.432 e. The molecule has 142 valence electrons. The number of carbonyl (C=O) groups is 1. The topological polar surface area (TPSA) is 66.8 Å². The van der Waals surface area contributed by atoms with Crippen LogP contribution in [0.3, 0.4) is 0 Å². The summed E-state index contributed by atoms with van der Waals surface area (Å²) in [6.45, 7) is 0.927. The van der Waals surface area contributed by atoms with Crippen LogP contribution in [0.15, 0.2) is 30.5 Å². The monoisotopic (exact) mass is 377 g/mol. The standard InChI is InChI=1S/C18H18F3N5O/c1-25-15(12-4-2-3-5-13(12)24-25)17(27)26-8-6-11(7-9-26)16-22-10-14(23-16)18(19,20)21/h2-5,10-11H,6-9H2,1H3,(H,22,23). The predicted octanol–water partition coefficient (Wildman–Crippen LogP) is 3.34. The lowest BCUT2D eigenvalue weighted by molar-refractivity contribution is -0.141. The van der Waals surface area contributed by atoms with Crippen LogP contribution in [-0.2, 0) is 13.2 Å². The molecule has 0 atom stereocenters. The maximum atomic E-state index is 13.0. The third-order valence-electron chi connectivity index (χ3n) is 5.01. The van der Waals surface area contributed by atoms with Crippen molar-refractivity contribution in [3.63, 3.8) is 0 Å². The quantitative estimate of drug-likeness (QED) is 0.745. The van der Waals surface area contributed by atoms with Crippen LogP contribution in [0.2, 0.25) is 0 Å². The Labute approximate surface area is 153 Å².